The summed E-state index contributed by atoms with van der Waals surface area (Å²) in [5.74, 6) is 0.887. The van der Waals surface area contributed by atoms with Gasteiger partial charge in [-0.3, -0.25) is 9.89 Å². The van der Waals surface area contributed by atoms with Crippen LogP contribution in [-0.2, 0) is 11.3 Å². The van der Waals surface area contributed by atoms with Gasteiger partial charge in [-0.25, -0.2) is 4.98 Å². The van der Waals surface area contributed by atoms with Gasteiger partial charge in [0.25, 0.3) is 5.91 Å². The van der Waals surface area contributed by atoms with E-state index in [-0.39, 0.29) is 19.1 Å². The Labute approximate surface area is 122 Å². The summed E-state index contributed by atoms with van der Waals surface area (Å²) in [5.41, 5.74) is 0. The maximum absolute atomic E-state index is 11.6. The first kappa shape index (κ1) is 13.8. The lowest BCUT2D eigenvalue weighted by atomic mass is 10.3. The average molecular weight is 346 g/mol. The van der Waals surface area contributed by atoms with Crippen LogP contribution >= 0.6 is 27.5 Å². The molecule has 0 atom stereocenters. The highest BCUT2D eigenvalue weighted by Gasteiger charge is 2.06. The monoisotopic (exact) mass is 344 g/mol. The number of H-pyrrole nitrogens is 1. The molecule has 19 heavy (non-hydrogen) atoms. The number of benzene rings is 1. The SMILES string of the molecule is O=C(COc1ccc(Cl)cc1Br)NCc1ncn[nH]1. The molecule has 0 radical (unpaired) electrons. The van der Waals surface area contributed by atoms with E-state index in [1.165, 1.54) is 6.33 Å². The zero-order valence-electron chi connectivity index (χ0n) is 9.69. The molecule has 0 unspecified atom stereocenters. The number of rotatable bonds is 5. The van der Waals surface area contributed by atoms with Crippen LogP contribution in [0.1, 0.15) is 5.82 Å². The lowest BCUT2D eigenvalue weighted by molar-refractivity contribution is -0.123. The highest BCUT2D eigenvalue weighted by Crippen LogP contribution is 2.27. The second kappa shape index (κ2) is 6.53. The third-order valence-electron chi connectivity index (χ3n) is 2.17. The van der Waals surface area contributed by atoms with Crippen LogP contribution in [0.3, 0.4) is 0 Å². The molecule has 1 amide bonds. The lowest BCUT2D eigenvalue weighted by Gasteiger charge is -2.08. The summed E-state index contributed by atoms with van der Waals surface area (Å²) >= 11 is 9.11. The van der Waals surface area contributed by atoms with Crippen molar-refractivity contribution < 1.29 is 9.53 Å². The summed E-state index contributed by atoms with van der Waals surface area (Å²) in [6.07, 6.45) is 1.38. The molecule has 0 aliphatic rings. The van der Waals surface area contributed by atoms with Gasteiger partial charge in [0.1, 0.15) is 17.9 Å². The minimum Gasteiger partial charge on any atom is -0.483 e. The molecule has 2 rings (SSSR count). The van der Waals surface area contributed by atoms with E-state index in [4.69, 9.17) is 16.3 Å². The number of halogens is 2. The molecular weight excluding hydrogens is 336 g/mol. The predicted octanol–water partition coefficient (Wildman–Crippen LogP) is 1.92. The fraction of sp³-hybridized carbons (Fsp3) is 0.182. The van der Waals surface area contributed by atoms with E-state index in [2.05, 4.69) is 36.4 Å². The lowest BCUT2D eigenvalue weighted by Crippen LogP contribution is -2.28. The van der Waals surface area contributed by atoms with Crippen molar-refractivity contribution in [3.63, 3.8) is 0 Å². The Balaban J connectivity index is 1.80. The molecule has 0 aliphatic carbocycles. The number of carbonyl (C=O) groups is 1. The maximum atomic E-state index is 11.6. The third-order valence-corrected chi connectivity index (χ3v) is 3.03. The minimum atomic E-state index is -0.252. The molecule has 100 valence electrons. The van der Waals surface area contributed by atoms with Gasteiger partial charge in [0.2, 0.25) is 0 Å². The van der Waals surface area contributed by atoms with Crippen LogP contribution < -0.4 is 10.1 Å². The van der Waals surface area contributed by atoms with Crippen molar-refractivity contribution in [2.75, 3.05) is 6.61 Å². The van der Waals surface area contributed by atoms with Gasteiger partial charge in [-0.05, 0) is 34.1 Å². The summed E-state index contributed by atoms with van der Waals surface area (Å²) in [5, 5.41) is 9.56. The molecule has 1 aromatic carbocycles. The molecule has 0 saturated heterocycles. The summed E-state index contributed by atoms with van der Waals surface area (Å²) in [6.45, 7) is 0.193. The second-order valence-corrected chi connectivity index (χ2v) is 4.86. The summed E-state index contributed by atoms with van der Waals surface area (Å²) < 4.78 is 6.06. The number of aromatic amines is 1. The van der Waals surface area contributed by atoms with Crippen LogP contribution in [0.25, 0.3) is 0 Å². The fourth-order valence-corrected chi connectivity index (χ4v) is 2.08. The maximum Gasteiger partial charge on any atom is 0.258 e. The zero-order chi connectivity index (χ0) is 13.7. The Morgan fingerprint density at radius 3 is 3.05 bits per heavy atom. The average Bonchev–Trinajstić information content (AvgIpc) is 2.88. The van der Waals surface area contributed by atoms with E-state index in [1.54, 1.807) is 18.2 Å². The van der Waals surface area contributed by atoms with Crippen LogP contribution in [0.5, 0.6) is 5.75 Å². The van der Waals surface area contributed by atoms with Gasteiger partial charge >= 0.3 is 0 Å². The molecule has 2 N–H and O–H groups in total. The molecule has 1 aromatic heterocycles. The van der Waals surface area contributed by atoms with E-state index < -0.39 is 0 Å². The number of aromatic nitrogens is 3. The Hall–Kier alpha value is -1.60. The molecule has 6 nitrogen and oxygen atoms in total. The standard InChI is InChI=1S/C11H10BrClN4O2/c12-8-3-7(13)1-2-9(8)19-5-11(18)14-4-10-15-6-16-17-10/h1-3,6H,4-5H2,(H,14,18)(H,15,16,17). The van der Waals surface area contributed by atoms with Gasteiger partial charge < -0.3 is 10.1 Å². The minimum absolute atomic E-state index is 0.0889. The van der Waals surface area contributed by atoms with Crippen molar-refractivity contribution >= 4 is 33.4 Å². The van der Waals surface area contributed by atoms with Crippen molar-refractivity contribution in [3.05, 3.63) is 39.8 Å². The highest BCUT2D eigenvalue weighted by atomic mass is 79.9. The molecule has 0 bridgehead atoms. The molecule has 1 heterocycles. The zero-order valence-corrected chi connectivity index (χ0v) is 12.0. The van der Waals surface area contributed by atoms with Crippen LogP contribution in [0.15, 0.2) is 29.0 Å². The van der Waals surface area contributed by atoms with Crippen molar-refractivity contribution in [2.24, 2.45) is 0 Å². The van der Waals surface area contributed by atoms with Crippen LogP contribution in [0, 0.1) is 0 Å². The molecule has 0 fully saturated rings. The summed E-state index contributed by atoms with van der Waals surface area (Å²) in [4.78, 5) is 15.4. The van der Waals surface area contributed by atoms with Gasteiger partial charge in [0.05, 0.1) is 11.0 Å². The molecule has 8 heteroatoms. The smallest absolute Gasteiger partial charge is 0.258 e. The fourth-order valence-electron chi connectivity index (χ4n) is 1.28. The van der Waals surface area contributed by atoms with Gasteiger partial charge in [-0.1, -0.05) is 11.6 Å². The van der Waals surface area contributed by atoms with Gasteiger partial charge in [-0.15, -0.1) is 0 Å². The first-order chi connectivity index (χ1) is 9.15. The van der Waals surface area contributed by atoms with Crippen molar-refractivity contribution in [1.82, 2.24) is 20.5 Å². The largest absolute Gasteiger partial charge is 0.483 e. The number of hydrogen-bond acceptors (Lipinski definition) is 4. The van der Waals surface area contributed by atoms with Crippen molar-refractivity contribution in [1.29, 1.82) is 0 Å². The summed E-state index contributed by atoms with van der Waals surface area (Å²) in [7, 11) is 0. The molecule has 2 aromatic rings. The van der Waals surface area contributed by atoms with E-state index in [0.717, 1.165) is 0 Å². The normalized spacial score (nSPS) is 10.2. The Morgan fingerprint density at radius 1 is 1.53 bits per heavy atom. The van der Waals surface area contributed by atoms with E-state index in [1.807, 2.05) is 0 Å². The Kier molecular flexibility index (Phi) is 4.75. The first-order valence-corrected chi connectivity index (χ1v) is 6.51. The van der Waals surface area contributed by atoms with Crippen LogP contribution in [0.2, 0.25) is 5.02 Å². The number of carbonyl (C=O) groups excluding carboxylic acids is 1. The van der Waals surface area contributed by atoms with Crippen molar-refractivity contribution in [3.8, 4) is 5.75 Å². The summed E-state index contributed by atoms with van der Waals surface area (Å²) in [6, 6.07) is 5.08. The number of nitrogens with one attached hydrogen (secondary N) is 2. The predicted molar refractivity (Wildman–Crippen MR) is 72.9 cm³/mol. The van der Waals surface area contributed by atoms with E-state index in [9.17, 15) is 4.79 Å². The highest BCUT2D eigenvalue weighted by molar-refractivity contribution is 9.10. The third kappa shape index (κ3) is 4.22. The van der Waals surface area contributed by atoms with Gasteiger partial charge in [0, 0.05) is 5.02 Å². The van der Waals surface area contributed by atoms with E-state index in [0.29, 0.717) is 21.1 Å². The van der Waals surface area contributed by atoms with E-state index >= 15 is 0 Å². The molecule has 0 aliphatic heterocycles. The number of hydrogen-bond donors (Lipinski definition) is 2. The van der Waals surface area contributed by atoms with Gasteiger partial charge in [-0.2, -0.15) is 5.10 Å². The Bertz CT molecular complexity index is 562. The van der Waals surface area contributed by atoms with Crippen LogP contribution in [-0.4, -0.2) is 27.7 Å². The van der Waals surface area contributed by atoms with Crippen LogP contribution in [0.4, 0.5) is 0 Å². The van der Waals surface area contributed by atoms with Crippen molar-refractivity contribution in [2.45, 2.75) is 6.54 Å². The second-order valence-electron chi connectivity index (χ2n) is 3.57. The molecule has 0 spiro atoms. The Morgan fingerprint density at radius 2 is 2.37 bits per heavy atom. The molecular formula is C11H10BrClN4O2. The number of nitrogens with zero attached hydrogens (tertiary/aromatic N) is 2. The van der Waals surface area contributed by atoms with Gasteiger partial charge in [0.15, 0.2) is 6.61 Å². The quantitative estimate of drug-likeness (QED) is 0.867. The number of ether oxygens (including phenoxy) is 1. The molecule has 0 saturated carbocycles. The number of amides is 1. The topological polar surface area (TPSA) is 79.9 Å². The first-order valence-electron chi connectivity index (χ1n) is 5.34.